The third-order valence-electron chi connectivity index (χ3n) is 2.88. The quantitative estimate of drug-likeness (QED) is 0.588. The molecule has 0 saturated heterocycles. The van der Waals surface area contributed by atoms with Gasteiger partial charge in [-0.05, 0) is 25.2 Å². The molecule has 0 amide bonds. The third-order valence-corrected chi connectivity index (χ3v) is 2.88. The van der Waals surface area contributed by atoms with Crippen molar-refractivity contribution >= 4 is 0 Å². The highest BCUT2D eigenvalue weighted by molar-refractivity contribution is 4.78. The minimum Gasteiger partial charge on any atom is -0.393 e. The van der Waals surface area contributed by atoms with E-state index in [1.807, 2.05) is 6.92 Å². The second kappa shape index (κ2) is 5.58. The molecule has 3 atom stereocenters. The van der Waals surface area contributed by atoms with Crippen LogP contribution in [0.25, 0.3) is 0 Å². The van der Waals surface area contributed by atoms with Gasteiger partial charge in [-0.1, -0.05) is 13.3 Å². The maximum Gasteiger partial charge on any atom is 0.0662 e. The Labute approximate surface area is 80.2 Å². The van der Waals surface area contributed by atoms with E-state index in [1.165, 1.54) is 0 Å². The van der Waals surface area contributed by atoms with Crippen molar-refractivity contribution < 1.29 is 10.2 Å². The lowest BCUT2D eigenvalue weighted by Gasteiger charge is -2.16. The molecule has 1 aliphatic rings. The van der Waals surface area contributed by atoms with Crippen molar-refractivity contribution in [2.24, 2.45) is 5.92 Å². The van der Waals surface area contributed by atoms with Gasteiger partial charge in [0, 0.05) is 13.1 Å². The number of aliphatic hydroxyl groups is 2. The first kappa shape index (κ1) is 11.0. The normalized spacial score (nSPS) is 30.7. The Morgan fingerprint density at radius 1 is 1.46 bits per heavy atom. The Kier molecular flexibility index (Phi) is 4.70. The molecule has 3 N–H and O–H groups in total. The van der Waals surface area contributed by atoms with Crippen LogP contribution in [0.15, 0.2) is 0 Å². The molecule has 78 valence electrons. The molecule has 0 bridgehead atoms. The van der Waals surface area contributed by atoms with E-state index in [0.29, 0.717) is 12.5 Å². The first-order valence-electron chi connectivity index (χ1n) is 5.31. The van der Waals surface area contributed by atoms with E-state index in [4.69, 9.17) is 0 Å². The third kappa shape index (κ3) is 3.63. The Balaban J connectivity index is 2.05. The maximum absolute atomic E-state index is 9.51. The minimum absolute atomic E-state index is 0.119. The van der Waals surface area contributed by atoms with Gasteiger partial charge in [-0.25, -0.2) is 0 Å². The van der Waals surface area contributed by atoms with Crippen molar-refractivity contribution in [3.63, 3.8) is 0 Å². The molecule has 3 unspecified atom stereocenters. The fourth-order valence-electron chi connectivity index (χ4n) is 1.84. The summed E-state index contributed by atoms with van der Waals surface area (Å²) >= 11 is 0. The van der Waals surface area contributed by atoms with E-state index in [-0.39, 0.29) is 12.2 Å². The predicted octanol–water partition coefficient (Wildman–Crippen LogP) is 0.508. The fourth-order valence-corrected chi connectivity index (χ4v) is 1.84. The molecule has 0 aromatic heterocycles. The number of rotatable bonds is 5. The first-order valence-corrected chi connectivity index (χ1v) is 5.31. The van der Waals surface area contributed by atoms with Crippen LogP contribution in [0.1, 0.15) is 32.6 Å². The zero-order valence-electron chi connectivity index (χ0n) is 8.37. The molecule has 0 radical (unpaired) electrons. The van der Waals surface area contributed by atoms with Gasteiger partial charge < -0.3 is 15.5 Å². The summed E-state index contributed by atoms with van der Waals surface area (Å²) in [5.74, 6) is 0.407. The van der Waals surface area contributed by atoms with E-state index in [2.05, 4.69) is 5.32 Å². The monoisotopic (exact) mass is 187 g/mol. The zero-order chi connectivity index (χ0) is 9.68. The Morgan fingerprint density at radius 3 is 2.77 bits per heavy atom. The van der Waals surface area contributed by atoms with E-state index < -0.39 is 0 Å². The number of hydrogen-bond donors (Lipinski definition) is 3. The molecule has 0 spiro atoms. The minimum atomic E-state index is -0.237. The largest absolute Gasteiger partial charge is 0.393 e. The van der Waals surface area contributed by atoms with E-state index in [1.54, 1.807) is 0 Å². The molecule has 1 aliphatic carbocycles. The second-order valence-corrected chi connectivity index (χ2v) is 3.98. The SMILES string of the molecule is CCC(O)CNCC1CCCC1O. The summed E-state index contributed by atoms with van der Waals surface area (Å²) in [6, 6.07) is 0. The number of aliphatic hydroxyl groups excluding tert-OH is 2. The highest BCUT2D eigenvalue weighted by Crippen LogP contribution is 2.24. The van der Waals surface area contributed by atoms with Crippen LogP contribution >= 0.6 is 0 Å². The molecule has 13 heavy (non-hydrogen) atoms. The Hall–Kier alpha value is -0.120. The molecular weight excluding hydrogens is 166 g/mol. The van der Waals surface area contributed by atoms with Gasteiger partial charge in [-0.15, -0.1) is 0 Å². The average Bonchev–Trinajstić information content (AvgIpc) is 2.52. The van der Waals surface area contributed by atoms with Crippen molar-refractivity contribution in [3.8, 4) is 0 Å². The molecule has 3 nitrogen and oxygen atoms in total. The van der Waals surface area contributed by atoms with Crippen LogP contribution in [-0.2, 0) is 0 Å². The van der Waals surface area contributed by atoms with Crippen molar-refractivity contribution in [2.75, 3.05) is 13.1 Å². The second-order valence-electron chi connectivity index (χ2n) is 3.98. The average molecular weight is 187 g/mol. The summed E-state index contributed by atoms with van der Waals surface area (Å²) in [5, 5.41) is 22.0. The van der Waals surface area contributed by atoms with Gasteiger partial charge in [0.15, 0.2) is 0 Å². The Morgan fingerprint density at radius 2 is 2.23 bits per heavy atom. The predicted molar refractivity (Wildman–Crippen MR) is 52.5 cm³/mol. The summed E-state index contributed by atoms with van der Waals surface area (Å²) in [5.41, 5.74) is 0. The maximum atomic E-state index is 9.51. The van der Waals surface area contributed by atoms with Gasteiger partial charge in [0.25, 0.3) is 0 Å². The van der Waals surface area contributed by atoms with E-state index in [9.17, 15) is 10.2 Å². The van der Waals surface area contributed by atoms with Crippen LogP contribution in [0.2, 0.25) is 0 Å². The molecule has 0 aromatic rings. The van der Waals surface area contributed by atoms with Crippen LogP contribution in [0.5, 0.6) is 0 Å². The van der Waals surface area contributed by atoms with Crippen LogP contribution in [0.4, 0.5) is 0 Å². The number of nitrogens with one attached hydrogen (secondary N) is 1. The summed E-state index contributed by atoms with van der Waals surface area (Å²) in [6.45, 7) is 3.47. The molecule has 3 heteroatoms. The first-order chi connectivity index (χ1) is 6.24. The smallest absolute Gasteiger partial charge is 0.0662 e. The summed E-state index contributed by atoms with van der Waals surface area (Å²) in [4.78, 5) is 0. The van der Waals surface area contributed by atoms with Gasteiger partial charge in [0.05, 0.1) is 12.2 Å². The molecule has 0 aromatic carbocycles. The van der Waals surface area contributed by atoms with Crippen LogP contribution in [0.3, 0.4) is 0 Å². The Bertz CT molecular complexity index is 141. The van der Waals surface area contributed by atoms with Gasteiger partial charge >= 0.3 is 0 Å². The molecule has 0 aliphatic heterocycles. The molecule has 1 rings (SSSR count). The molecule has 1 saturated carbocycles. The van der Waals surface area contributed by atoms with Crippen molar-refractivity contribution in [1.29, 1.82) is 0 Å². The summed E-state index contributed by atoms with van der Waals surface area (Å²) in [6.07, 6.45) is 3.65. The van der Waals surface area contributed by atoms with Crippen LogP contribution < -0.4 is 5.32 Å². The standard InChI is InChI=1S/C10H21NO2/c1-2-9(12)7-11-6-8-4-3-5-10(8)13/h8-13H,2-7H2,1H3. The van der Waals surface area contributed by atoms with Gasteiger partial charge in [-0.3, -0.25) is 0 Å². The van der Waals surface area contributed by atoms with Gasteiger partial charge in [-0.2, -0.15) is 0 Å². The lowest BCUT2D eigenvalue weighted by atomic mass is 10.1. The van der Waals surface area contributed by atoms with Crippen molar-refractivity contribution in [2.45, 2.75) is 44.8 Å². The fraction of sp³-hybridized carbons (Fsp3) is 1.00. The molecule has 0 heterocycles. The summed E-state index contributed by atoms with van der Waals surface area (Å²) in [7, 11) is 0. The summed E-state index contributed by atoms with van der Waals surface area (Å²) < 4.78 is 0. The van der Waals surface area contributed by atoms with Crippen molar-refractivity contribution in [1.82, 2.24) is 5.32 Å². The molecular formula is C10H21NO2. The highest BCUT2D eigenvalue weighted by atomic mass is 16.3. The topological polar surface area (TPSA) is 52.5 Å². The van der Waals surface area contributed by atoms with Crippen LogP contribution in [0, 0.1) is 5.92 Å². The van der Waals surface area contributed by atoms with Crippen molar-refractivity contribution in [3.05, 3.63) is 0 Å². The zero-order valence-corrected chi connectivity index (χ0v) is 8.37. The lowest BCUT2D eigenvalue weighted by molar-refractivity contribution is 0.124. The molecule has 1 fully saturated rings. The highest BCUT2D eigenvalue weighted by Gasteiger charge is 2.24. The number of hydrogen-bond acceptors (Lipinski definition) is 3. The van der Waals surface area contributed by atoms with E-state index in [0.717, 1.165) is 32.2 Å². The van der Waals surface area contributed by atoms with Crippen LogP contribution in [-0.4, -0.2) is 35.5 Å². The van der Waals surface area contributed by atoms with E-state index >= 15 is 0 Å². The lowest BCUT2D eigenvalue weighted by Crippen LogP contribution is -2.33. The van der Waals surface area contributed by atoms with Gasteiger partial charge in [0.2, 0.25) is 0 Å². The van der Waals surface area contributed by atoms with Gasteiger partial charge in [0.1, 0.15) is 0 Å².